The van der Waals surface area contributed by atoms with E-state index in [0.29, 0.717) is 0 Å². The molecule has 7 nitrogen and oxygen atoms in total. The number of carbonyl (C=O) groups excluding carboxylic acids is 1. The molecule has 0 saturated carbocycles. The normalized spacial score (nSPS) is 10.1. The van der Waals surface area contributed by atoms with Gasteiger partial charge in [0.25, 0.3) is 11.6 Å². The number of hydrogen-bond acceptors (Lipinski definition) is 5. The van der Waals surface area contributed by atoms with Gasteiger partial charge >= 0.3 is 0 Å². The van der Waals surface area contributed by atoms with E-state index in [1.54, 1.807) is 0 Å². The topological polar surface area (TPSA) is 105 Å². The van der Waals surface area contributed by atoms with Crippen molar-refractivity contribution in [1.29, 1.82) is 0 Å². The fraction of sp³-hybridized carbons (Fsp3) is 0. The Labute approximate surface area is 111 Å². The molecular formula is C12H8FN3O4. The molecule has 20 heavy (non-hydrogen) atoms. The first-order valence-corrected chi connectivity index (χ1v) is 5.36. The highest BCUT2D eigenvalue weighted by Crippen LogP contribution is 2.22. The minimum atomic E-state index is -0.808. The van der Waals surface area contributed by atoms with Crippen LogP contribution in [0.3, 0.4) is 0 Å². The molecule has 0 spiro atoms. The van der Waals surface area contributed by atoms with Crippen LogP contribution in [-0.2, 0) is 0 Å². The zero-order valence-electron chi connectivity index (χ0n) is 9.91. The number of nitrogens with zero attached hydrogens (tertiary/aromatic N) is 2. The summed E-state index contributed by atoms with van der Waals surface area (Å²) in [5.74, 6) is -1.78. The van der Waals surface area contributed by atoms with Crippen molar-refractivity contribution in [1.82, 2.24) is 4.98 Å². The summed E-state index contributed by atoms with van der Waals surface area (Å²) in [5.41, 5.74) is -0.681. The summed E-state index contributed by atoms with van der Waals surface area (Å²) < 4.78 is 13.5. The number of aromatic nitrogens is 1. The van der Waals surface area contributed by atoms with Crippen LogP contribution >= 0.6 is 0 Å². The Kier molecular flexibility index (Phi) is 3.56. The number of halogens is 1. The summed E-state index contributed by atoms with van der Waals surface area (Å²) in [6, 6.07) is 3.91. The number of hydrogen-bond donors (Lipinski definition) is 2. The number of pyridine rings is 1. The van der Waals surface area contributed by atoms with Crippen LogP contribution in [0.2, 0.25) is 0 Å². The third-order valence-electron chi connectivity index (χ3n) is 2.39. The van der Waals surface area contributed by atoms with Crippen molar-refractivity contribution in [2.24, 2.45) is 0 Å². The van der Waals surface area contributed by atoms with Crippen LogP contribution in [0.5, 0.6) is 5.75 Å². The lowest BCUT2D eigenvalue weighted by Crippen LogP contribution is -2.13. The number of aromatic hydroxyl groups is 1. The Balaban J connectivity index is 2.27. The van der Waals surface area contributed by atoms with Crippen molar-refractivity contribution < 1.29 is 19.2 Å². The molecule has 0 aliphatic heterocycles. The molecule has 8 heteroatoms. The van der Waals surface area contributed by atoms with E-state index >= 15 is 0 Å². The average molecular weight is 277 g/mol. The second-order valence-corrected chi connectivity index (χ2v) is 3.81. The Morgan fingerprint density at radius 3 is 2.75 bits per heavy atom. The van der Waals surface area contributed by atoms with E-state index in [1.165, 1.54) is 6.20 Å². The molecule has 2 rings (SSSR count). The fourth-order valence-corrected chi connectivity index (χ4v) is 1.47. The van der Waals surface area contributed by atoms with E-state index in [2.05, 4.69) is 10.3 Å². The number of non-ortho nitro benzene ring substituents is 1. The maximum Gasteiger partial charge on any atom is 0.271 e. The molecule has 0 atom stereocenters. The number of anilines is 1. The fourth-order valence-electron chi connectivity index (χ4n) is 1.47. The molecule has 2 N–H and O–H groups in total. The first-order chi connectivity index (χ1) is 9.47. The van der Waals surface area contributed by atoms with Crippen LogP contribution < -0.4 is 5.32 Å². The summed E-state index contributed by atoms with van der Waals surface area (Å²) in [5, 5.41) is 22.0. The molecule has 0 radical (unpaired) electrons. The van der Waals surface area contributed by atoms with Crippen LogP contribution in [0.15, 0.2) is 36.7 Å². The lowest BCUT2D eigenvalue weighted by atomic mass is 10.2. The highest BCUT2D eigenvalue weighted by Gasteiger charge is 2.14. The Hall–Kier alpha value is -3.03. The van der Waals surface area contributed by atoms with Gasteiger partial charge in [0.2, 0.25) is 0 Å². The average Bonchev–Trinajstić information content (AvgIpc) is 2.41. The quantitative estimate of drug-likeness (QED) is 0.660. The van der Waals surface area contributed by atoms with Crippen molar-refractivity contribution in [2.45, 2.75) is 0 Å². The zero-order chi connectivity index (χ0) is 14.7. The predicted molar refractivity (Wildman–Crippen MR) is 66.9 cm³/mol. The van der Waals surface area contributed by atoms with Gasteiger partial charge in [0, 0.05) is 18.3 Å². The van der Waals surface area contributed by atoms with Gasteiger partial charge in [-0.2, -0.15) is 0 Å². The smallest absolute Gasteiger partial charge is 0.271 e. The molecular weight excluding hydrogens is 269 g/mol. The number of nitro groups is 1. The van der Waals surface area contributed by atoms with E-state index in [9.17, 15) is 24.4 Å². The molecule has 1 heterocycles. The maximum absolute atomic E-state index is 13.5. The van der Waals surface area contributed by atoms with Gasteiger partial charge in [0.1, 0.15) is 11.6 Å². The molecule has 0 aliphatic carbocycles. The van der Waals surface area contributed by atoms with Crippen molar-refractivity contribution >= 4 is 17.3 Å². The zero-order valence-corrected chi connectivity index (χ0v) is 9.91. The molecule has 0 aliphatic rings. The monoisotopic (exact) mass is 277 g/mol. The van der Waals surface area contributed by atoms with E-state index in [-0.39, 0.29) is 22.7 Å². The minimum Gasteiger partial charge on any atom is -0.506 e. The van der Waals surface area contributed by atoms with E-state index in [4.69, 9.17) is 0 Å². The van der Waals surface area contributed by atoms with Gasteiger partial charge < -0.3 is 10.4 Å². The molecule has 2 aromatic rings. The third-order valence-corrected chi connectivity index (χ3v) is 2.39. The third kappa shape index (κ3) is 2.86. The first-order valence-electron chi connectivity index (χ1n) is 5.36. The summed E-state index contributed by atoms with van der Waals surface area (Å²) in [7, 11) is 0. The Morgan fingerprint density at radius 1 is 1.35 bits per heavy atom. The number of nitro benzene ring substituents is 1. The molecule has 1 aromatic carbocycles. The predicted octanol–water partition coefficient (Wildman–Crippen LogP) is 2.09. The van der Waals surface area contributed by atoms with Crippen molar-refractivity contribution in [3.05, 3.63) is 58.2 Å². The highest BCUT2D eigenvalue weighted by molar-refractivity contribution is 6.04. The molecule has 1 aromatic heterocycles. The second-order valence-electron chi connectivity index (χ2n) is 3.81. The van der Waals surface area contributed by atoms with Crippen LogP contribution in [0, 0.1) is 15.9 Å². The van der Waals surface area contributed by atoms with Crippen molar-refractivity contribution in [2.75, 3.05) is 5.32 Å². The van der Waals surface area contributed by atoms with Gasteiger partial charge in [-0.05, 0) is 12.1 Å². The number of carbonyl (C=O) groups is 1. The van der Waals surface area contributed by atoms with Gasteiger partial charge in [-0.1, -0.05) is 0 Å². The van der Waals surface area contributed by atoms with E-state index in [1.807, 2.05) is 0 Å². The highest BCUT2D eigenvalue weighted by atomic mass is 19.1. The summed E-state index contributed by atoms with van der Waals surface area (Å²) >= 11 is 0. The van der Waals surface area contributed by atoms with Gasteiger partial charge in [-0.3, -0.25) is 19.9 Å². The molecule has 1 amide bonds. The molecule has 102 valence electrons. The number of rotatable bonds is 3. The second kappa shape index (κ2) is 5.31. The largest absolute Gasteiger partial charge is 0.506 e. The van der Waals surface area contributed by atoms with Gasteiger partial charge in [-0.25, -0.2) is 4.39 Å². The van der Waals surface area contributed by atoms with Gasteiger partial charge in [0.05, 0.1) is 22.4 Å². The number of benzene rings is 1. The van der Waals surface area contributed by atoms with Crippen LogP contribution in [0.1, 0.15) is 10.4 Å². The van der Waals surface area contributed by atoms with Crippen LogP contribution in [0.25, 0.3) is 0 Å². The van der Waals surface area contributed by atoms with E-state index in [0.717, 1.165) is 30.5 Å². The standard InChI is InChI=1S/C12H8FN3O4/c13-10-2-1-8(16(19)20)4-11(10)15-12(18)7-3-9(17)6-14-5-7/h1-6,17H,(H,15,18). The lowest BCUT2D eigenvalue weighted by molar-refractivity contribution is -0.384. The van der Waals surface area contributed by atoms with Crippen LogP contribution in [0.4, 0.5) is 15.8 Å². The summed E-state index contributed by atoms with van der Waals surface area (Å²) in [6.07, 6.45) is 2.30. The maximum atomic E-state index is 13.5. The van der Waals surface area contributed by atoms with Crippen molar-refractivity contribution in [3.8, 4) is 5.75 Å². The summed E-state index contributed by atoms with van der Waals surface area (Å²) in [4.78, 5) is 25.3. The molecule has 0 saturated heterocycles. The number of amides is 1. The molecule has 0 fully saturated rings. The minimum absolute atomic E-state index is 0.00379. The lowest BCUT2D eigenvalue weighted by Gasteiger charge is -2.06. The van der Waals surface area contributed by atoms with Crippen LogP contribution in [-0.4, -0.2) is 20.9 Å². The Bertz CT molecular complexity index is 690. The molecule has 0 unspecified atom stereocenters. The number of nitrogens with one attached hydrogen (secondary N) is 1. The first kappa shape index (κ1) is 13.4. The van der Waals surface area contributed by atoms with Crippen molar-refractivity contribution in [3.63, 3.8) is 0 Å². The van der Waals surface area contributed by atoms with E-state index < -0.39 is 16.6 Å². The Morgan fingerprint density at radius 2 is 2.10 bits per heavy atom. The molecule has 0 bridgehead atoms. The SMILES string of the molecule is O=C(Nc1cc([N+](=O)[O-])ccc1F)c1cncc(O)c1. The summed E-state index contributed by atoms with van der Waals surface area (Å²) in [6.45, 7) is 0. The van der Waals surface area contributed by atoms with Gasteiger partial charge in [0.15, 0.2) is 0 Å². The van der Waals surface area contributed by atoms with Gasteiger partial charge in [-0.15, -0.1) is 0 Å².